The van der Waals surface area contributed by atoms with E-state index in [2.05, 4.69) is 14.7 Å². The van der Waals surface area contributed by atoms with Crippen LogP contribution in [-0.2, 0) is 14.8 Å². The molecule has 1 atom stereocenters. The quantitative estimate of drug-likeness (QED) is 0.659. The van der Waals surface area contributed by atoms with E-state index in [4.69, 9.17) is 0 Å². The van der Waals surface area contributed by atoms with Crippen molar-refractivity contribution in [3.8, 4) is 0 Å². The van der Waals surface area contributed by atoms with Crippen LogP contribution in [0.1, 0.15) is 23.4 Å². The van der Waals surface area contributed by atoms with Crippen LogP contribution in [-0.4, -0.2) is 43.1 Å². The van der Waals surface area contributed by atoms with Gasteiger partial charge in [-0.15, -0.1) is 15.7 Å². The monoisotopic (exact) mass is 440 g/mol. The van der Waals surface area contributed by atoms with Crippen molar-refractivity contribution in [1.82, 2.24) is 9.88 Å². The second-order valence-corrected chi connectivity index (χ2v) is 10.4. The number of anilines is 1. The Kier molecular flexibility index (Phi) is 4.59. The lowest BCUT2D eigenvalue weighted by atomic mass is 9.96. The van der Waals surface area contributed by atoms with Crippen molar-refractivity contribution in [1.29, 1.82) is 0 Å². The maximum Gasteiger partial charge on any atom is 0.285 e. The number of fused-ring (bicyclic) bond motifs is 2. The molecule has 0 unspecified atom stereocenters. The molecule has 9 heteroatoms. The van der Waals surface area contributed by atoms with Crippen molar-refractivity contribution in [3.05, 3.63) is 53.0 Å². The topological polar surface area (TPSA) is 91.7 Å². The van der Waals surface area contributed by atoms with Crippen LogP contribution in [0.2, 0.25) is 0 Å². The van der Waals surface area contributed by atoms with E-state index in [1.165, 1.54) is 0 Å². The lowest BCUT2D eigenvalue weighted by Gasteiger charge is -2.33. The number of carbonyl (C=O) groups is 1. The van der Waals surface area contributed by atoms with Crippen molar-refractivity contribution < 1.29 is 13.2 Å². The summed E-state index contributed by atoms with van der Waals surface area (Å²) >= 11 is 1.60. The van der Waals surface area contributed by atoms with Gasteiger partial charge < -0.3 is 10.2 Å². The first-order chi connectivity index (χ1) is 14.4. The number of aryl methyl sites for hydroxylation is 1. The fraction of sp³-hybridized carbons (Fsp3) is 0.286. The maximum atomic E-state index is 12.9. The molecule has 2 aliphatic rings. The highest BCUT2D eigenvalue weighted by molar-refractivity contribution is 7.90. The van der Waals surface area contributed by atoms with Gasteiger partial charge in [0.15, 0.2) is 5.84 Å². The molecule has 0 bridgehead atoms. The second kappa shape index (κ2) is 7.17. The molecule has 1 fully saturated rings. The lowest BCUT2D eigenvalue weighted by Crippen LogP contribution is -2.43. The Bertz CT molecular complexity index is 1300. The SMILES string of the molecule is Cc1nc2ccc(NC(=O)[C@@H]3CCCN(C4=NS(=O)(=O)c5ccccc54)C3)cc2s1. The van der Waals surface area contributed by atoms with Gasteiger partial charge in [-0.25, -0.2) is 4.98 Å². The molecule has 1 amide bonds. The summed E-state index contributed by atoms with van der Waals surface area (Å²) in [6.07, 6.45) is 1.55. The molecule has 5 rings (SSSR count). The average molecular weight is 441 g/mol. The molecule has 0 saturated carbocycles. The van der Waals surface area contributed by atoms with E-state index < -0.39 is 10.0 Å². The van der Waals surface area contributed by atoms with Gasteiger partial charge in [0.1, 0.15) is 4.90 Å². The number of carbonyl (C=O) groups excluding carboxylic acids is 1. The number of hydrogen-bond donors (Lipinski definition) is 1. The Labute approximate surface area is 178 Å². The Balaban J connectivity index is 1.34. The van der Waals surface area contributed by atoms with E-state index in [1.54, 1.807) is 35.6 Å². The summed E-state index contributed by atoms with van der Waals surface area (Å²) in [7, 11) is -3.67. The summed E-state index contributed by atoms with van der Waals surface area (Å²) < 4.78 is 29.8. The number of aromatic nitrogens is 1. The molecule has 0 spiro atoms. The third-order valence-corrected chi connectivity index (χ3v) is 7.73. The number of amidine groups is 1. The van der Waals surface area contributed by atoms with Crippen LogP contribution in [0.4, 0.5) is 5.69 Å². The lowest BCUT2D eigenvalue weighted by molar-refractivity contribution is -0.121. The minimum atomic E-state index is -3.67. The Morgan fingerprint density at radius 1 is 1.23 bits per heavy atom. The molecule has 2 aromatic carbocycles. The van der Waals surface area contributed by atoms with E-state index in [9.17, 15) is 13.2 Å². The molecule has 2 aliphatic heterocycles. The number of thiazole rings is 1. The molecule has 3 heterocycles. The molecule has 30 heavy (non-hydrogen) atoms. The Morgan fingerprint density at radius 2 is 2.07 bits per heavy atom. The maximum absolute atomic E-state index is 12.9. The molecule has 1 saturated heterocycles. The summed E-state index contributed by atoms with van der Waals surface area (Å²) in [5.74, 6) is 0.149. The molecule has 1 aromatic heterocycles. The fourth-order valence-corrected chi connectivity index (χ4v) is 6.16. The van der Waals surface area contributed by atoms with Gasteiger partial charge >= 0.3 is 0 Å². The predicted molar refractivity (Wildman–Crippen MR) is 117 cm³/mol. The molecule has 7 nitrogen and oxygen atoms in total. The van der Waals surface area contributed by atoms with E-state index in [-0.39, 0.29) is 16.7 Å². The van der Waals surface area contributed by atoms with Gasteiger partial charge in [-0.3, -0.25) is 4.79 Å². The number of amides is 1. The van der Waals surface area contributed by atoms with Crippen molar-refractivity contribution >= 4 is 49.0 Å². The van der Waals surface area contributed by atoms with E-state index in [0.29, 0.717) is 24.5 Å². The molecule has 0 radical (unpaired) electrons. The minimum Gasteiger partial charge on any atom is -0.355 e. The van der Waals surface area contributed by atoms with Crippen molar-refractivity contribution in [2.75, 3.05) is 18.4 Å². The van der Waals surface area contributed by atoms with Gasteiger partial charge in [0.2, 0.25) is 5.91 Å². The number of sulfonamides is 1. The number of nitrogens with one attached hydrogen (secondary N) is 1. The van der Waals surface area contributed by atoms with E-state index in [1.807, 2.05) is 30.0 Å². The first-order valence-electron chi connectivity index (χ1n) is 9.78. The molecular formula is C21H20N4O3S2. The Hall–Kier alpha value is -2.78. The van der Waals surface area contributed by atoms with Crippen LogP contribution in [0.15, 0.2) is 51.8 Å². The standard InChI is InChI=1S/C21H20N4O3S2/c1-13-22-17-9-8-15(11-18(17)29-13)23-21(26)14-5-4-10-25(12-14)20-16-6-2-3-7-19(16)30(27,28)24-20/h2-3,6-9,11,14H,4-5,10,12H2,1H3,(H,23,26)/t14-/m1/s1. The van der Waals surface area contributed by atoms with Crippen LogP contribution in [0.3, 0.4) is 0 Å². The highest BCUT2D eigenvalue weighted by atomic mass is 32.2. The van der Waals surface area contributed by atoms with Crippen molar-refractivity contribution in [2.45, 2.75) is 24.7 Å². The van der Waals surface area contributed by atoms with Gasteiger partial charge in [-0.1, -0.05) is 12.1 Å². The number of nitrogens with zero attached hydrogens (tertiary/aromatic N) is 3. The third kappa shape index (κ3) is 3.37. The largest absolute Gasteiger partial charge is 0.355 e. The van der Waals surface area contributed by atoms with Crippen LogP contribution in [0.25, 0.3) is 10.2 Å². The van der Waals surface area contributed by atoms with E-state index in [0.717, 1.165) is 33.8 Å². The van der Waals surface area contributed by atoms with Gasteiger partial charge in [-0.2, -0.15) is 8.42 Å². The second-order valence-electron chi connectivity index (χ2n) is 7.58. The fourth-order valence-electron chi connectivity index (χ4n) is 4.06. The zero-order valence-electron chi connectivity index (χ0n) is 16.3. The summed E-state index contributed by atoms with van der Waals surface area (Å²) in [5.41, 5.74) is 2.29. The highest BCUT2D eigenvalue weighted by Gasteiger charge is 2.35. The van der Waals surface area contributed by atoms with Gasteiger partial charge in [0.25, 0.3) is 10.0 Å². The smallest absolute Gasteiger partial charge is 0.285 e. The number of benzene rings is 2. The van der Waals surface area contributed by atoms with Crippen LogP contribution in [0.5, 0.6) is 0 Å². The first kappa shape index (κ1) is 19.2. The summed E-state index contributed by atoms with van der Waals surface area (Å²) in [5, 5.41) is 4.00. The molecule has 1 N–H and O–H groups in total. The van der Waals surface area contributed by atoms with Gasteiger partial charge in [0, 0.05) is 24.3 Å². The van der Waals surface area contributed by atoms with E-state index >= 15 is 0 Å². The highest BCUT2D eigenvalue weighted by Crippen LogP contribution is 2.30. The van der Waals surface area contributed by atoms with Crippen LogP contribution >= 0.6 is 11.3 Å². The molecule has 3 aromatic rings. The number of piperidine rings is 1. The minimum absolute atomic E-state index is 0.0602. The molecular weight excluding hydrogens is 420 g/mol. The zero-order chi connectivity index (χ0) is 20.9. The number of likely N-dealkylation sites (tertiary alicyclic amines) is 1. The molecule has 154 valence electrons. The summed E-state index contributed by atoms with van der Waals surface area (Å²) in [6, 6.07) is 12.6. The number of rotatable bonds is 2. The van der Waals surface area contributed by atoms with Crippen molar-refractivity contribution in [2.24, 2.45) is 10.3 Å². The Morgan fingerprint density at radius 3 is 2.93 bits per heavy atom. The summed E-state index contributed by atoms with van der Waals surface area (Å²) in [4.78, 5) is 19.5. The van der Waals surface area contributed by atoms with Gasteiger partial charge in [-0.05, 0) is 50.1 Å². The van der Waals surface area contributed by atoms with Gasteiger partial charge in [0.05, 0.1) is 21.1 Å². The average Bonchev–Trinajstić information content (AvgIpc) is 3.24. The van der Waals surface area contributed by atoms with Crippen LogP contribution < -0.4 is 5.32 Å². The normalized spacial score (nSPS) is 20.1. The predicted octanol–water partition coefficient (Wildman–Crippen LogP) is 3.40. The van der Waals surface area contributed by atoms with Crippen LogP contribution in [0, 0.1) is 12.8 Å². The third-order valence-electron chi connectivity index (χ3n) is 5.47. The number of hydrogen-bond acceptors (Lipinski definition) is 6. The summed E-state index contributed by atoms with van der Waals surface area (Å²) in [6.45, 7) is 3.08. The van der Waals surface area contributed by atoms with Crippen molar-refractivity contribution in [3.63, 3.8) is 0 Å². The zero-order valence-corrected chi connectivity index (χ0v) is 18.0. The molecule has 0 aliphatic carbocycles. The first-order valence-corrected chi connectivity index (χ1v) is 12.0.